The lowest BCUT2D eigenvalue weighted by Gasteiger charge is -2.18. The van der Waals surface area contributed by atoms with Crippen molar-refractivity contribution in [2.75, 3.05) is 31.8 Å². The molecular formula is C20H30N2O6S. The average molecular weight is 427 g/mol. The van der Waals surface area contributed by atoms with Gasteiger partial charge in [-0.15, -0.1) is 0 Å². The van der Waals surface area contributed by atoms with E-state index in [-0.39, 0.29) is 29.7 Å². The number of rotatable bonds is 13. The van der Waals surface area contributed by atoms with Crippen molar-refractivity contribution in [3.8, 4) is 11.5 Å². The molecule has 29 heavy (non-hydrogen) atoms. The predicted octanol–water partition coefficient (Wildman–Crippen LogP) is 2.10. The monoisotopic (exact) mass is 426 g/mol. The second-order valence-electron chi connectivity index (χ2n) is 6.17. The minimum Gasteiger partial charge on any atom is -0.490 e. The number of aromatic carboxylic acids is 1. The van der Waals surface area contributed by atoms with Crippen LogP contribution in [0.1, 0.15) is 43.1 Å². The lowest BCUT2D eigenvalue weighted by Crippen LogP contribution is -2.46. The van der Waals surface area contributed by atoms with Crippen molar-refractivity contribution in [2.24, 2.45) is 0 Å². The molecule has 0 radical (unpaired) electrons. The Morgan fingerprint density at radius 2 is 1.86 bits per heavy atom. The van der Waals surface area contributed by atoms with Crippen LogP contribution in [0.5, 0.6) is 11.5 Å². The zero-order chi connectivity index (χ0) is 21.8. The van der Waals surface area contributed by atoms with Gasteiger partial charge in [-0.2, -0.15) is 11.8 Å². The number of carboxylic acids is 1. The Balaban J connectivity index is 2.91. The molecule has 0 aliphatic carbocycles. The maximum atomic E-state index is 12.4. The van der Waals surface area contributed by atoms with E-state index in [0.29, 0.717) is 37.4 Å². The maximum absolute atomic E-state index is 12.4. The lowest BCUT2D eigenvalue weighted by molar-refractivity contribution is -0.128. The van der Waals surface area contributed by atoms with Crippen LogP contribution in [0.4, 0.5) is 0 Å². The van der Waals surface area contributed by atoms with Crippen LogP contribution in [0.15, 0.2) is 12.1 Å². The summed E-state index contributed by atoms with van der Waals surface area (Å²) in [6, 6.07) is 2.73. The van der Waals surface area contributed by atoms with Crippen molar-refractivity contribution >= 4 is 29.5 Å². The second-order valence-corrected chi connectivity index (χ2v) is 7.16. The number of carboxylic acid groups (broad SMARTS) is 1. The standard InChI is InChI=1S/C20H30N2O6S/c1-5-27-16-8-7-14(17(20(25)26)18(16)28-6-2)9-11-21-19(24)15(10-12-29-4)22-13(3)23/h7-8,15H,5-6,9-12H2,1-4H3,(H,21,24)(H,22,23)(H,25,26). The Morgan fingerprint density at radius 3 is 2.41 bits per heavy atom. The fraction of sp³-hybridized carbons (Fsp3) is 0.550. The first-order valence-corrected chi connectivity index (χ1v) is 10.9. The van der Waals surface area contributed by atoms with Gasteiger partial charge in [0.2, 0.25) is 11.8 Å². The van der Waals surface area contributed by atoms with E-state index < -0.39 is 12.0 Å². The first-order valence-electron chi connectivity index (χ1n) is 9.54. The zero-order valence-electron chi connectivity index (χ0n) is 17.4. The van der Waals surface area contributed by atoms with Crippen molar-refractivity contribution in [1.82, 2.24) is 10.6 Å². The average Bonchev–Trinajstić information content (AvgIpc) is 2.66. The molecule has 3 N–H and O–H groups in total. The van der Waals surface area contributed by atoms with Gasteiger partial charge in [-0.3, -0.25) is 9.59 Å². The van der Waals surface area contributed by atoms with Gasteiger partial charge in [0, 0.05) is 13.5 Å². The number of hydrogen-bond acceptors (Lipinski definition) is 6. The maximum Gasteiger partial charge on any atom is 0.339 e. The van der Waals surface area contributed by atoms with Gasteiger partial charge in [-0.25, -0.2) is 4.79 Å². The minimum atomic E-state index is -1.12. The molecule has 0 fully saturated rings. The van der Waals surface area contributed by atoms with E-state index in [4.69, 9.17) is 9.47 Å². The molecule has 0 aliphatic rings. The number of benzene rings is 1. The summed E-state index contributed by atoms with van der Waals surface area (Å²) in [7, 11) is 0. The number of amides is 2. The molecule has 8 nitrogen and oxygen atoms in total. The van der Waals surface area contributed by atoms with Gasteiger partial charge in [0.1, 0.15) is 11.6 Å². The van der Waals surface area contributed by atoms with Gasteiger partial charge in [-0.05, 0) is 50.3 Å². The van der Waals surface area contributed by atoms with Gasteiger partial charge in [0.05, 0.1) is 13.2 Å². The number of hydrogen-bond donors (Lipinski definition) is 3. The summed E-state index contributed by atoms with van der Waals surface area (Å²) in [6.45, 7) is 5.86. The minimum absolute atomic E-state index is 0.0350. The third-order valence-corrected chi connectivity index (χ3v) is 4.65. The van der Waals surface area contributed by atoms with E-state index in [0.717, 1.165) is 5.75 Å². The topological polar surface area (TPSA) is 114 Å². The van der Waals surface area contributed by atoms with Gasteiger partial charge in [-0.1, -0.05) is 6.07 Å². The summed E-state index contributed by atoms with van der Waals surface area (Å²) in [5.41, 5.74) is 0.567. The number of thioether (sulfide) groups is 1. The van der Waals surface area contributed by atoms with E-state index in [1.165, 1.54) is 6.92 Å². The van der Waals surface area contributed by atoms with Gasteiger partial charge < -0.3 is 25.2 Å². The second kappa shape index (κ2) is 12.9. The fourth-order valence-corrected chi connectivity index (χ4v) is 3.27. The highest BCUT2D eigenvalue weighted by atomic mass is 32.2. The molecule has 2 amide bonds. The molecule has 0 aromatic heterocycles. The fourth-order valence-electron chi connectivity index (χ4n) is 2.80. The number of ether oxygens (including phenoxy) is 2. The SMILES string of the molecule is CCOc1ccc(CCNC(=O)C(CCSC)NC(C)=O)c(C(=O)O)c1OCC. The van der Waals surface area contributed by atoms with Crippen LogP contribution in [0.2, 0.25) is 0 Å². The summed E-state index contributed by atoms with van der Waals surface area (Å²) in [4.78, 5) is 35.6. The Kier molecular flexibility index (Phi) is 11.0. The van der Waals surface area contributed by atoms with E-state index in [9.17, 15) is 19.5 Å². The Morgan fingerprint density at radius 1 is 1.17 bits per heavy atom. The molecule has 0 saturated heterocycles. The third-order valence-electron chi connectivity index (χ3n) is 4.01. The van der Waals surface area contributed by atoms with E-state index in [1.54, 1.807) is 30.8 Å². The molecule has 0 spiro atoms. The van der Waals surface area contributed by atoms with Crippen LogP contribution in [0.3, 0.4) is 0 Å². The first kappa shape index (κ1) is 24.6. The molecule has 1 aromatic carbocycles. The third kappa shape index (κ3) is 7.84. The van der Waals surface area contributed by atoms with Crippen LogP contribution in [-0.2, 0) is 16.0 Å². The Bertz CT molecular complexity index is 710. The van der Waals surface area contributed by atoms with Crippen LogP contribution in [-0.4, -0.2) is 60.7 Å². The molecule has 0 bridgehead atoms. The van der Waals surface area contributed by atoms with Crippen molar-refractivity contribution in [1.29, 1.82) is 0 Å². The molecule has 1 rings (SSSR count). The van der Waals surface area contributed by atoms with E-state index in [1.807, 2.05) is 13.2 Å². The number of carbonyl (C=O) groups is 3. The highest BCUT2D eigenvalue weighted by Gasteiger charge is 2.22. The molecule has 1 atom stereocenters. The molecule has 0 heterocycles. The summed E-state index contributed by atoms with van der Waals surface area (Å²) in [6.07, 6.45) is 2.75. The van der Waals surface area contributed by atoms with Crippen LogP contribution >= 0.6 is 11.8 Å². The largest absolute Gasteiger partial charge is 0.490 e. The molecular weight excluding hydrogens is 396 g/mol. The predicted molar refractivity (Wildman–Crippen MR) is 113 cm³/mol. The smallest absolute Gasteiger partial charge is 0.339 e. The Hall–Kier alpha value is -2.42. The highest BCUT2D eigenvalue weighted by molar-refractivity contribution is 7.98. The van der Waals surface area contributed by atoms with E-state index in [2.05, 4.69) is 10.6 Å². The molecule has 1 unspecified atom stereocenters. The van der Waals surface area contributed by atoms with Crippen molar-refractivity contribution in [2.45, 2.75) is 39.7 Å². The van der Waals surface area contributed by atoms with Gasteiger partial charge >= 0.3 is 5.97 Å². The highest BCUT2D eigenvalue weighted by Crippen LogP contribution is 2.34. The van der Waals surface area contributed by atoms with Crippen LogP contribution in [0.25, 0.3) is 0 Å². The summed E-state index contributed by atoms with van der Waals surface area (Å²) in [5.74, 6) is -0.371. The molecule has 162 valence electrons. The lowest BCUT2D eigenvalue weighted by atomic mass is 10.0. The molecule has 0 saturated carbocycles. The van der Waals surface area contributed by atoms with Crippen molar-refractivity contribution in [3.05, 3.63) is 23.3 Å². The Labute approximate surface area is 175 Å². The van der Waals surface area contributed by atoms with Crippen LogP contribution in [0, 0.1) is 0 Å². The normalized spacial score (nSPS) is 11.4. The van der Waals surface area contributed by atoms with Crippen molar-refractivity contribution in [3.63, 3.8) is 0 Å². The molecule has 9 heteroatoms. The van der Waals surface area contributed by atoms with Crippen LogP contribution < -0.4 is 20.1 Å². The zero-order valence-corrected chi connectivity index (χ0v) is 18.2. The van der Waals surface area contributed by atoms with Gasteiger partial charge in [0.25, 0.3) is 0 Å². The summed E-state index contributed by atoms with van der Waals surface area (Å²) < 4.78 is 11.0. The van der Waals surface area contributed by atoms with Crippen molar-refractivity contribution < 1.29 is 29.0 Å². The number of carbonyl (C=O) groups excluding carboxylic acids is 2. The molecule has 1 aromatic rings. The first-order chi connectivity index (χ1) is 13.8. The van der Waals surface area contributed by atoms with E-state index >= 15 is 0 Å². The number of nitrogens with one attached hydrogen (secondary N) is 2. The summed E-state index contributed by atoms with van der Waals surface area (Å²) in [5, 5.41) is 15.1. The quantitative estimate of drug-likeness (QED) is 0.443. The summed E-state index contributed by atoms with van der Waals surface area (Å²) >= 11 is 1.59. The molecule has 0 aliphatic heterocycles. The van der Waals surface area contributed by atoms with Gasteiger partial charge in [0.15, 0.2) is 11.5 Å².